The van der Waals surface area contributed by atoms with Gasteiger partial charge in [-0.3, -0.25) is 0 Å². The lowest BCUT2D eigenvalue weighted by Crippen LogP contribution is -2.15. The average Bonchev–Trinajstić information content (AvgIpc) is 2.18. The molecule has 0 aromatic carbocycles. The van der Waals surface area contributed by atoms with E-state index in [-0.39, 0.29) is 12.0 Å². The topological polar surface area (TPSA) is 46.0 Å². The van der Waals surface area contributed by atoms with Crippen LogP contribution in [0.3, 0.4) is 0 Å². The molecule has 0 fully saturated rings. The maximum atomic E-state index is 9.63. The number of hydrogen-bond donors (Lipinski definition) is 1. The lowest BCUT2D eigenvalue weighted by molar-refractivity contribution is 0.158. The van der Waals surface area contributed by atoms with Gasteiger partial charge in [0.2, 0.25) is 0 Å². The van der Waals surface area contributed by atoms with Crippen LogP contribution in [0.1, 0.15) is 57.3 Å². The maximum absolute atomic E-state index is 9.63. The van der Waals surface area contributed by atoms with E-state index in [1.807, 2.05) is 13.0 Å². The lowest BCUT2D eigenvalue weighted by atomic mass is 9.95. The minimum absolute atomic E-state index is 0.116. The van der Waals surface area contributed by atoms with Crippen molar-refractivity contribution < 1.29 is 5.11 Å². The van der Waals surface area contributed by atoms with E-state index < -0.39 is 0 Å². The molecule has 2 atom stereocenters. The molecule has 84 valence electrons. The van der Waals surface area contributed by atoms with Crippen LogP contribution in [-0.2, 0) is 0 Å². The Morgan fingerprint density at radius 3 is 2.27 bits per heavy atom. The minimum Gasteiger partial charge on any atom is -0.393 e. The first-order chi connectivity index (χ1) is 7.06. The highest BCUT2D eigenvalue weighted by Gasteiger charge is 2.17. The standard InChI is InChI=1S/C12H20N2O/c1-5-10(9(4)15)12-6-11(8(2)3)13-7-14-12/h6-10,15H,5H2,1-4H3. The highest BCUT2D eigenvalue weighted by molar-refractivity contribution is 5.16. The molecule has 1 heterocycles. The van der Waals surface area contributed by atoms with Crippen LogP contribution >= 0.6 is 0 Å². The van der Waals surface area contributed by atoms with E-state index in [9.17, 15) is 5.11 Å². The Morgan fingerprint density at radius 2 is 1.80 bits per heavy atom. The van der Waals surface area contributed by atoms with E-state index in [2.05, 4.69) is 30.7 Å². The summed E-state index contributed by atoms with van der Waals surface area (Å²) in [5, 5.41) is 9.63. The molecule has 0 aliphatic rings. The fourth-order valence-electron chi connectivity index (χ4n) is 1.70. The summed E-state index contributed by atoms with van der Waals surface area (Å²) in [6, 6.07) is 2.01. The summed E-state index contributed by atoms with van der Waals surface area (Å²) in [6.07, 6.45) is 2.13. The van der Waals surface area contributed by atoms with Crippen LogP contribution in [0.4, 0.5) is 0 Å². The van der Waals surface area contributed by atoms with E-state index in [4.69, 9.17) is 0 Å². The van der Waals surface area contributed by atoms with Gasteiger partial charge in [0.25, 0.3) is 0 Å². The number of aliphatic hydroxyl groups is 1. The van der Waals surface area contributed by atoms with Crippen molar-refractivity contribution in [1.29, 1.82) is 0 Å². The quantitative estimate of drug-likeness (QED) is 0.826. The van der Waals surface area contributed by atoms with Crippen LogP contribution < -0.4 is 0 Å². The van der Waals surface area contributed by atoms with Gasteiger partial charge in [0.15, 0.2) is 0 Å². The predicted octanol–water partition coefficient (Wildman–Crippen LogP) is 2.47. The van der Waals surface area contributed by atoms with Crippen molar-refractivity contribution in [3.8, 4) is 0 Å². The molecule has 1 aromatic heterocycles. The van der Waals surface area contributed by atoms with E-state index >= 15 is 0 Å². The monoisotopic (exact) mass is 208 g/mol. The van der Waals surface area contributed by atoms with Crippen molar-refractivity contribution in [1.82, 2.24) is 9.97 Å². The lowest BCUT2D eigenvalue weighted by Gasteiger charge is -2.18. The van der Waals surface area contributed by atoms with Crippen molar-refractivity contribution >= 4 is 0 Å². The van der Waals surface area contributed by atoms with Crippen molar-refractivity contribution in [2.75, 3.05) is 0 Å². The molecule has 0 spiro atoms. The van der Waals surface area contributed by atoms with Gasteiger partial charge in [-0.15, -0.1) is 0 Å². The maximum Gasteiger partial charge on any atom is 0.115 e. The van der Waals surface area contributed by atoms with Crippen LogP contribution in [0.5, 0.6) is 0 Å². The predicted molar refractivity (Wildman–Crippen MR) is 60.8 cm³/mol. The zero-order valence-corrected chi connectivity index (χ0v) is 9.94. The largest absolute Gasteiger partial charge is 0.393 e. The molecule has 15 heavy (non-hydrogen) atoms. The van der Waals surface area contributed by atoms with Crippen LogP contribution in [0.25, 0.3) is 0 Å². The summed E-state index contributed by atoms with van der Waals surface area (Å²) in [5.41, 5.74) is 1.99. The van der Waals surface area contributed by atoms with E-state index in [0.717, 1.165) is 17.8 Å². The Hall–Kier alpha value is -0.960. The highest BCUT2D eigenvalue weighted by Crippen LogP contribution is 2.23. The number of aliphatic hydroxyl groups excluding tert-OH is 1. The molecule has 1 rings (SSSR count). The number of nitrogens with zero attached hydrogens (tertiary/aromatic N) is 2. The van der Waals surface area contributed by atoms with Crippen LogP contribution in [0.15, 0.2) is 12.4 Å². The molecule has 2 unspecified atom stereocenters. The van der Waals surface area contributed by atoms with Gasteiger partial charge in [-0.1, -0.05) is 20.8 Å². The van der Waals surface area contributed by atoms with Gasteiger partial charge in [-0.25, -0.2) is 9.97 Å². The molecule has 3 heteroatoms. The van der Waals surface area contributed by atoms with Crippen molar-refractivity contribution in [2.45, 2.75) is 52.1 Å². The molecule has 0 bridgehead atoms. The van der Waals surface area contributed by atoms with Gasteiger partial charge < -0.3 is 5.11 Å². The molecular weight excluding hydrogens is 188 g/mol. The van der Waals surface area contributed by atoms with Crippen LogP contribution in [0.2, 0.25) is 0 Å². The Kier molecular flexibility index (Phi) is 4.21. The molecule has 0 amide bonds. The number of hydrogen-bond acceptors (Lipinski definition) is 3. The zero-order chi connectivity index (χ0) is 11.4. The van der Waals surface area contributed by atoms with E-state index in [1.165, 1.54) is 0 Å². The van der Waals surface area contributed by atoms with E-state index in [0.29, 0.717) is 5.92 Å². The van der Waals surface area contributed by atoms with Gasteiger partial charge in [-0.2, -0.15) is 0 Å². The second kappa shape index (κ2) is 5.21. The van der Waals surface area contributed by atoms with Crippen LogP contribution in [-0.4, -0.2) is 21.2 Å². The summed E-state index contributed by atoms with van der Waals surface area (Å²) >= 11 is 0. The average molecular weight is 208 g/mol. The van der Waals surface area contributed by atoms with Crippen molar-refractivity contribution in [3.63, 3.8) is 0 Å². The Morgan fingerprint density at radius 1 is 1.20 bits per heavy atom. The third-order valence-electron chi connectivity index (χ3n) is 2.70. The fraction of sp³-hybridized carbons (Fsp3) is 0.667. The van der Waals surface area contributed by atoms with Gasteiger partial charge in [-0.05, 0) is 25.3 Å². The summed E-state index contributed by atoms with van der Waals surface area (Å²) in [5.74, 6) is 0.517. The van der Waals surface area contributed by atoms with Crippen LogP contribution in [0, 0.1) is 0 Å². The normalized spacial score (nSPS) is 15.3. The summed E-state index contributed by atoms with van der Waals surface area (Å²) in [7, 11) is 0. The fourth-order valence-corrected chi connectivity index (χ4v) is 1.70. The summed E-state index contributed by atoms with van der Waals surface area (Å²) in [6.45, 7) is 8.09. The number of aromatic nitrogens is 2. The Balaban J connectivity index is 2.98. The first-order valence-corrected chi connectivity index (χ1v) is 5.56. The Bertz CT molecular complexity index is 310. The first kappa shape index (κ1) is 12.1. The highest BCUT2D eigenvalue weighted by atomic mass is 16.3. The molecular formula is C12H20N2O. The third-order valence-corrected chi connectivity index (χ3v) is 2.70. The molecule has 0 saturated carbocycles. The Labute approximate surface area is 91.6 Å². The molecule has 1 aromatic rings. The third kappa shape index (κ3) is 2.99. The molecule has 0 aliphatic carbocycles. The summed E-state index contributed by atoms with van der Waals surface area (Å²) < 4.78 is 0. The first-order valence-electron chi connectivity index (χ1n) is 5.56. The molecule has 0 aliphatic heterocycles. The van der Waals surface area contributed by atoms with Gasteiger partial charge >= 0.3 is 0 Å². The molecule has 0 saturated heterocycles. The van der Waals surface area contributed by atoms with Crippen molar-refractivity contribution in [2.24, 2.45) is 0 Å². The van der Waals surface area contributed by atoms with Gasteiger partial charge in [0.1, 0.15) is 6.33 Å². The molecule has 0 radical (unpaired) electrons. The minimum atomic E-state index is -0.357. The summed E-state index contributed by atoms with van der Waals surface area (Å²) in [4.78, 5) is 8.47. The van der Waals surface area contributed by atoms with E-state index in [1.54, 1.807) is 6.33 Å². The van der Waals surface area contributed by atoms with Crippen molar-refractivity contribution in [3.05, 3.63) is 23.8 Å². The molecule has 1 N–H and O–H groups in total. The molecule has 3 nitrogen and oxygen atoms in total. The second-order valence-corrected chi connectivity index (χ2v) is 4.28. The number of rotatable bonds is 4. The van der Waals surface area contributed by atoms with Gasteiger partial charge in [0.05, 0.1) is 6.10 Å². The zero-order valence-electron chi connectivity index (χ0n) is 9.94. The smallest absolute Gasteiger partial charge is 0.115 e. The SMILES string of the molecule is CCC(c1cc(C(C)C)ncn1)C(C)O. The second-order valence-electron chi connectivity index (χ2n) is 4.28. The van der Waals surface area contributed by atoms with Gasteiger partial charge in [0, 0.05) is 17.3 Å².